The van der Waals surface area contributed by atoms with Gasteiger partial charge in [0, 0.05) is 30.8 Å². The summed E-state index contributed by atoms with van der Waals surface area (Å²) in [5, 5.41) is 17.4. The normalized spacial score (nSPS) is 22.2. The second kappa shape index (κ2) is 8.90. The summed E-state index contributed by atoms with van der Waals surface area (Å²) >= 11 is 0. The van der Waals surface area contributed by atoms with Crippen molar-refractivity contribution in [2.75, 3.05) is 17.3 Å². The molecule has 186 valence electrons. The lowest BCUT2D eigenvalue weighted by atomic mass is 9.86. The summed E-state index contributed by atoms with van der Waals surface area (Å²) in [6.45, 7) is 3.97. The Morgan fingerprint density at radius 2 is 1.91 bits per heavy atom. The average molecular weight is 481 g/mol. The van der Waals surface area contributed by atoms with Gasteiger partial charge in [0.2, 0.25) is 5.95 Å². The van der Waals surface area contributed by atoms with Crippen LogP contribution in [0.4, 0.5) is 22.2 Å². The van der Waals surface area contributed by atoms with E-state index in [1.807, 2.05) is 39.1 Å². The van der Waals surface area contributed by atoms with Crippen LogP contribution in [0, 0.1) is 12.8 Å². The fraction of sp³-hybridized carbons (Fsp3) is 0.520. The maximum absolute atomic E-state index is 12.6. The number of carboxylic acid groups (broad SMARTS) is 1. The number of anilines is 3. The lowest BCUT2D eigenvalue weighted by Gasteiger charge is -2.34. The third-order valence-corrected chi connectivity index (χ3v) is 7.48. The van der Waals surface area contributed by atoms with E-state index in [0.29, 0.717) is 18.8 Å². The first kappa shape index (κ1) is 23.2. The Labute approximate surface area is 203 Å². The summed E-state index contributed by atoms with van der Waals surface area (Å²) in [5.41, 5.74) is 4.63. The van der Waals surface area contributed by atoms with E-state index >= 15 is 0 Å². The third kappa shape index (κ3) is 4.00. The molecule has 0 unspecified atom stereocenters. The molecule has 0 bridgehead atoms. The number of methoxy groups -OCH3 is 1. The number of ether oxygens (including phenoxy) is 1. The number of nitrogens with one attached hydrogen (secondary N) is 1. The van der Waals surface area contributed by atoms with Crippen molar-refractivity contribution in [2.45, 2.75) is 64.5 Å². The van der Waals surface area contributed by atoms with E-state index in [4.69, 9.17) is 9.72 Å². The van der Waals surface area contributed by atoms with Crippen LogP contribution in [0.15, 0.2) is 18.2 Å². The number of rotatable bonds is 4. The van der Waals surface area contributed by atoms with Crippen LogP contribution >= 0.6 is 0 Å². The molecule has 1 fully saturated rings. The molecule has 3 heterocycles. The van der Waals surface area contributed by atoms with Gasteiger partial charge in [0.1, 0.15) is 5.82 Å². The molecule has 1 aliphatic carbocycles. The molecule has 0 radical (unpaired) electrons. The van der Waals surface area contributed by atoms with Crippen molar-refractivity contribution < 1.29 is 19.4 Å². The minimum atomic E-state index is -0.714. The average Bonchev–Trinajstić information content (AvgIpc) is 3.36. The zero-order chi connectivity index (χ0) is 24.9. The summed E-state index contributed by atoms with van der Waals surface area (Å²) in [4.78, 5) is 30.9. The van der Waals surface area contributed by atoms with Gasteiger partial charge in [0.05, 0.1) is 35.4 Å². The molecule has 5 rings (SSSR count). The van der Waals surface area contributed by atoms with Crippen LogP contribution < -0.4 is 10.2 Å². The molecule has 35 heavy (non-hydrogen) atoms. The topological polar surface area (TPSA) is 115 Å². The minimum absolute atomic E-state index is 0.0378. The van der Waals surface area contributed by atoms with Gasteiger partial charge in [0.15, 0.2) is 0 Å². The molecule has 1 atom stereocenters. The maximum Gasteiger partial charge on any atom is 0.414 e. The molecule has 10 heteroatoms. The summed E-state index contributed by atoms with van der Waals surface area (Å²) in [5.74, 6) is 0.532. The maximum atomic E-state index is 12.6. The summed E-state index contributed by atoms with van der Waals surface area (Å²) < 4.78 is 9.08. The number of amides is 1. The second-order valence-electron chi connectivity index (χ2n) is 9.73. The highest BCUT2D eigenvalue weighted by atomic mass is 16.5. The van der Waals surface area contributed by atoms with Crippen LogP contribution in [0.25, 0.3) is 11.0 Å². The van der Waals surface area contributed by atoms with Crippen LogP contribution in [-0.4, -0.2) is 49.7 Å². The first-order valence-corrected chi connectivity index (χ1v) is 12.2. The predicted octanol–water partition coefficient (Wildman–Crippen LogP) is 4.55. The number of aliphatic carboxylic acids is 1. The van der Waals surface area contributed by atoms with Gasteiger partial charge in [-0.15, -0.1) is 0 Å². The molecule has 0 spiro atoms. The largest absolute Gasteiger partial charge is 0.481 e. The van der Waals surface area contributed by atoms with Gasteiger partial charge in [-0.25, -0.2) is 9.78 Å². The number of carbonyl (C=O) groups excluding carboxylic acids is 1. The molecular formula is C25H32N6O4. The number of aryl methyl sites for hydroxylation is 3. The number of carboxylic acids is 1. The van der Waals surface area contributed by atoms with E-state index in [9.17, 15) is 14.7 Å². The molecule has 2 aromatic heterocycles. The zero-order valence-electron chi connectivity index (χ0n) is 20.6. The van der Waals surface area contributed by atoms with Gasteiger partial charge < -0.3 is 19.7 Å². The number of carbonyl (C=O) groups is 2. The van der Waals surface area contributed by atoms with Gasteiger partial charge in [-0.1, -0.05) is 0 Å². The number of hydrogen-bond donors (Lipinski definition) is 2. The van der Waals surface area contributed by atoms with Gasteiger partial charge in [-0.2, -0.15) is 5.10 Å². The Balaban J connectivity index is 1.62. The fourth-order valence-electron chi connectivity index (χ4n) is 5.66. The quantitative estimate of drug-likeness (QED) is 0.563. The van der Waals surface area contributed by atoms with Gasteiger partial charge in [0.25, 0.3) is 0 Å². The van der Waals surface area contributed by atoms with E-state index in [1.54, 1.807) is 9.58 Å². The van der Waals surface area contributed by atoms with E-state index in [2.05, 4.69) is 15.0 Å². The van der Waals surface area contributed by atoms with Crippen LogP contribution in [0.3, 0.4) is 0 Å². The Hall–Kier alpha value is -3.56. The van der Waals surface area contributed by atoms with Crippen LogP contribution in [0.5, 0.6) is 0 Å². The minimum Gasteiger partial charge on any atom is -0.481 e. The number of nitrogens with zero attached hydrogens (tertiary/aromatic N) is 5. The van der Waals surface area contributed by atoms with Crippen molar-refractivity contribution in [2.24, 2.45) is 13.0 Å². The van der Waals surface area contributed by atoms with Crippen LogP contribution in [-0.2, 0) is 23.0 Å². The van der Waals surface area contributed by atoms with E-state index in [1.165, 1.54) is 7.11 Å². The number of benzene rings is 1. The Bertz CT molecular complexity index is 1290. The summed E-state index contributed by atoms with van der Waals surface area (Å²) in [6, 6.07) is 6.16. The lowest BCUT2D eigenvalue weighted by molar-refractivity contribution is -0.143. The predicted molar refractivity (Wildman–Crippen MR) is 132 cm³/mol. The molecule has 3 aromatic rings. The number of fused-ring (bicyclic) bond motifs is 3. The smallest absolute Gasteiger partial charge is 0.414 e. The van der Waals surface area contributed by atoms with E-state index in [0.717, 1.165) is 59.5 Å². The van der Waals surface area contributed by atoms with Crippen molar-refractivity contribution in [3.8, 4) is 0 Å². The molecule has 1 aromatic carbocycles. The van der Waals surface area contributed by atoms with Crippen molar-refractivity contribution >= 4 is 40.5 Å². The van der Waals surface area contributed by atoms with Gasteiger partial charge >= 0.3 is 12.1 Å². The Kier molecular flexibility index (Phi) is 5.90. The summed E-state index contributed by atoms with van der Waals surface area (Å²) in [6.07, 6.45) is 4.09. The monoisotopic (exact) mass is 480 g/mol. The molecule has 1 saturated carbocycles. The van der Waals surface area contributed by atoms with Crippen molar-refractivity contribution in [3.63, 3.8) is 0 Å². The molecule has 0 saturated heterocycles. The first-order valence-electron chi connectivity index (χ1n) is 12.2. The van der Waals surface area contributed by atoms with Crippen LogP contribution in [0.1, 0.15) is 56.3 Å². The molecule has 2 N–H and O–H groups in total. The van der Waals surface area contributed by atoms with Gasteiger partial charge in [-0.3, -0.25) is 14.4 Å². The van der Waals surface area contributed by atoms with Gasteiger partial charge in [-0.05, 0) is 64.5 Å². The van der Waals surface area contributed by atoms with E-state index in [-0.39, 0.29) is 24.1 Å². The van der Waals surface area contributed by atoms with E-state index < -0.39 is 5.97 Å². The van der Waals surface area contributed by atoms with Crippen molar-refractivity contribution in [1.82, 2.24) is 19.3 Å². The number of hydrogen-bond acceptors (Lipinski definition) is 6. The highest BCUT2D eigenvalue weighted by Crippen LogP contribution is 2.41. The summed E-state index contributed by atoms with van der Waals surface area (Å²) in [7, 11) is 3.29. The SMILES string of the molecule is COC(=O)N1c2ccc3c(nc(Nc4cc(C)nn4C)n3C3CCC(C(=O)O)CC3)c2CC[C@@H]1C. The Morgan fingerprint density at radius 3 is 2.54 bits per heavy atom. The molecule has 10 nitrogen and oxygen atoms in total. The first-order chi connectivity index (χ1) is 16.8. The fourth-order valence-corrected chi connectivity index (χ4v) is 5.66. The lowest BCUT2D eigenvalue weighted by Crippen LogP contribution is -2.42. The van der Waals surface area contributed by atoms with Crippen molar-refractivity contribution in [1.29, 1.82) is 0 Å². The highest BCUT2D eigenvalue weighted by molar-refractivity contribution is 5.96. The molecule has 1 aliphatic heterocycles. The third-order valence-electron chi connectivity index (χ3n) is 7.48. The molecular weight excluding hydrogens is 448 g/mol. The molecule has 1 amide bonds. The second-order valence-corrected chi connectivity index (χ2v) is 9.73. The highest BCUT2D eigenvalue weighted by Gasteiger charge is 2.34. The van der Waals surface area contributed by atoms with Crippen molar-refractivity contribution in [3.05, 3.63) is 29.5 Å². The zero-order valence-corrected chi connectivity index (χ0v) is 20.6. The Morgan fingerprint density at radius 1 is 1.17 bits per heavy atom. The number of imidazole rings is 1. The van der Waals surface area contributed by atoms with Crippen LogP contribution in [0.2, 0.25) is 0 Å². The number of aromatic nitrogens is 4. The standard InChI is InChI=1S/C25H32N6O4/c1-14-13-21(29(3)28-14)26-24-27-22-18-10-5-15(2)30(25(34)35-4)19(18)11-12-20(22)31(24)17-8-6-16(7-9-17)23(32)33/h11-13,15-17H,5-10H2,1-4H3,(H,26,27)(H,32,33)/t15-,16?,17?/m0/s1. The molecule has 2 aliphatic rings.